The van der Waals surface area contributed by atoms with Crippen LogP contribution in [0.2, 0.25) is 5.02 Å². The van der Waals surface area contributed by atoms with Gasteiger partial charge in [-0.2, -0.15) is 0 Å². The maximum atomic E-state index is 13.2. The lowest BCUT2D eigenvalue weighted by molar-refractivity contribution is 0.0378. The fraction of sp³-hybridized carbons (Fsp3) is 0.231. The molecule has 2 aliphatic rings. The Morgan fingerprint density at radius 3 is 2.76 bits per heavy atom. The molecule has 3 aromatic rings. The smallest absolute Gasteiger partial charge is 0.325 e. The molecule has 2 aliphatic heterocycles. The van der Waals surface area contributed by atoms with Gasteiger partial charge in [-0.25, -0.2) is 4.79 Å². The number of nitrogens with zero attached hydrogens (tertiary/aromatic N) is 1. The van der Waals surface area contributed by atoms with E-state index in [1.54, 1.807) is 59.5 Å². The molecule has 0 aromatic heterocycles. The van der Waals surface area contributed by atoms with Gasteiger partial charge in [-0.3, -0.25) is 9.69 Å². The lowest BCUT2D eigenvalue weighted by atomic mass is 9.90. The molecule has 0 unspecified atom stereocenters. The van der Waals surface area contributed by atoms with Gasteiger partial charge in [0.25, 0.3) is 5.91 Å². The van der Waals surface area contributed by atoms with Gasteiger partial charge in [-0.15, -0.1) is 0 Å². The fourth-order valence-electron chi connectivity index (χ4n) is 4.53. The van der Waals surface area contributed by atoms with Gasteiger partial charge in [0.1, 0.15) is 11.5 Å². The first kappa shape index (κ1) is 22.1. The van der Waals surface area contributed by atoms with Crippen molar-refractivity contribution in [3.63, 3.8) is 0 Å². The van der Waals surface area contributed by atoms with Crippen LogP contribution in [0.5, 0.6) is 11.5 Å². The number of anilines is 2. The number of urea groups is 1. The zero-order valence-electron chi connectivity index (χ0n) is 18.8. The summed E-state index contributed by atoms with van der Waals surface area (Å²) in [5.74, 6) is 1.13. The molecule has 1 saturated heterocycles. The Labute approximate surface area is 202 Å². The molecule has 5 rings (SSSR count). The zero-order valence-corrected chi connectivity index (χ0v) is 19.6. The third-order valence-electron chi connectivity index (χ3n) is 6.02. The summed E-state index contributed by atoms with van der Waals surface area (Å²) in [5.41, 5.74) is 1.58. The number of carbonyl (C=O) groups is 2. The number of ether oxygens (including phenoxy) is 2. The Hall–Kier alpha value is -3.71. The lowest BCUT2D eigenvalue weighted by Gasteiger charge is -2.50. The van der Waals surface area contributed by atoms with Crippen LogP contribution in [0, 0.1) is 0 Å². The van der Waals surface area contributed by atoms with E-state index in [4.69, 9.17) is 21.1 Å². The number of hydrogen-bond donors (Lipinski definition) is 2. The van der Waals surface area contributed by atoms with Crippen LogP contribution in [0.15, 0.2) is 66.7 Å². The number of hydrogen-bond acceptors (Lipinski definition) is 4. The minimum Gasteiger partial charge on any atom is -0.494 e. The van der Waals surface area contributed by atoms with Gasteiger partial charge in [0.2, 0.25) is 0 Å². The highest BCUT2D eigenvalue weighted by molar-refractivity contribution is 6.30. The summed E-state index contributed by atoms with van der Waals surface area (Å²) in [6, 6.07) is 19.0. The van der Waals surface area contributed by atoms with E-state index in [2.05, 4.69) is 10.6 Å². The van der Waals surface area contributed by atoms with Gasteiger partial charge in [-0.05, 0) is 74.5 Å². The van der Waals surface area contributed by atoms with E-state index in [1.807, 2.05) is 26.0 Å². The molecule has 0 radical (unpaired) electrons. The highest BCUT2D eigenvalue weighted by Crippen LogP contribution is 2.46. The molecule has 1 fully saturated rings. The molecule has 2 bridgehead atoms. The maximum Gasteiger partial charge on any atom is 0.325 e. The maximum absolute atomic E-state index is 13.2. The third kappa shape index (κ3) is 4.03. The van der Waals surface area contributed by atoms with Gasteiger partial charge in [0.05, 0.1) is 18.3 Å². The predicted octanol–water partition coefficient (Wildman–Crippen LogP) is 5.76. The molecule has 0 saturated carbocycles. The van der Waals surface area contributed by atoms with Crippen molar-refractivity contribution in [3.05, 3.63) is 82.9 Å². The van der Waals surface area contributed by atoms with E-state index in [9.17, 15) is 9.59 Å². The quantitative estimate of drug-likeness (QED) is 0.489. The number of rotatable bonds is 5. The summed E-state index contributed by atoms with van der Waals surface area (Å²) in [5, 5.41) is 6.52. The van der Waals surface area contributed by atoms with Crippen LogP contribution >= 0.6 is 11.6 Å². The molecular weight excluding hydrogens is 454 g/mol. The molecule has 0 spiro atoms. The van der Waals surface area contributed by atoms with E-state index >= 15 is 0 Å². The summed E-state index contributed by atoms with van der Waals surface area (Å²) in [7, 11) is 0. The van der Waals surface area contributed by atoms with Crippen molar-refractivity contribution in [3.8, 4) is 11.5 Å². The highest BCUT2D eigenvalue weighted by Gasteiger charge is 2.50. The second-order valence-corrected chi connectivity index (χ2v) is 8.90. The molecule has 8 heteroatoms. The van der Waals surface area contributed by atoms with Crippen molar-refractivity contribution in [2.45, 2.75) is 32.0 Å². The Kier molecular flexibility index (Phi) is 5.57. The molecule has 3 amide bonds. The highest BCUT2D eigenvalue weighted by atomic mass is 35.5. The van der Waals surface area contributed by atoms with Gasteiger partial charge in [-0.1, -0.05) is 17.7 Å². The first-order valence-corrected chi connectivity index (χ1v) is 11.5. The molecular formula is C26H24ClN3O4. The normalized spacial score (nSPS) is 20.6. The second kappa shape index (κ2) is 8.57. The minimum atomic E-state index is -0.919. The molecule has 0 aliphatic carbocycles. The van der Waals surface area contributed by atoms with Crippen LogP contribution in [0.1, 0.15) is 42.2 Å². The zero-order chi connectivity index (χ0) is 23.9. The monoisotopic (exact) mass is 477 g/mol. The van der Waals surface area contributed by atoms with Crippen molar-refractivity contribution >= 4 is 34.9 Å². The Balaban J connectivity index is 1.40. The van der Waals surface area contributed by atoms with Crippen LogP contribution < -0.4 is 25.0 Å². The van der Waals surface area contributed by atoms with Crippen LogP contribution in [0.4, 0.5) is 16.2 Å². The van der Waals surface area contributed by atoms with Crippen molar-refractivity contribution in [2.24, 2.45) is 0 Å². The molecule has 2 heterocycles. The molecule has 7 nitrogen and oxygen atoms in total. The van der Waals surface area contributed by atoms with Gasteiger partial charge in [0, 0.05) is 28.3 Å². The molecule has 34 heavy (non-hydrogen) atoms. The average molecular weight is 478 g/mol. The van der Waals surface area contributed by atoms with Crippen molar-refractivity contribution in [1.82, 2.24) is 5.32 Å². The predicted molar refractivity (Wildman–Crippen MR) is 131 cm³/mol. The molecule has 2 atom stereocenters. The molecule has 3 aromatic carbocycles. The largest absolute Gasteiger partial charge is 0.494 e. The first-order chi connectivity index (χ1) is 16.4. The van der Waals surface area contributed by atoms with Crippen molar-refractivity contribution in [1.29, 1.82) is 0 Å². The number of nitrogens with one attached hydrogen (secondary N) is 2. The van der Waals surface area contributed by atoms with Gasteiger partial charge >= 0.3 is 6.03 Å². The summed E-state index contributed by atoms with van der Waals surface area (Å²) >= 11 is 6.15. The number of halogens is 1. The molecule has 174 valence electrons. The first-order valence-electron chi connectivity index (χ1n) is 11.1. The summed E-state index contributed by atoms with van der Waals surface area (Å²) in [4.78, 5) is 27.6. The number of fused-ring (bicyclic) bond motifs is 4. The average Bonchev–Trinajstić information content (AvgIpc) is 2.81. The summed E-state index contributed by atoms with van der Waals surface area (Å²) in [6.07, 6.45) is 0.536. The van der Waals surface area contributed by atoms with E-state index in [1.165, 1.54) is 0 Å². The Bertz CT molecular complexity index is 1260. The van der Waals surface area contributed by atoms with Crippen LogP contribution in [0.25, 0.3) is 0 Å². The van der Waals surface area contributed by atoms with Crippen LogP contribution in [-0.4, -0.2) is 24.3 Å². The number of benzene rings is 3. The number of amides is 3. The second-order valence-electron chi connectivity index (χ2n) is 8.46. The standard InChI is InChI=1S/C26H24ClN3O4/c1-3-33-20-10-8-18(9-11-20)28-24(31)16-5-4-6-19(13-16)30-25(32)29-22-15-26(30,2)34-23-12-7-17(27)14-21(22)23/h4-14,22H,3,15H2,1-2H3,(H,28,31)(H,29,32)/t22-,26+/m0/s1. The fourth-order valence-corrected chi connectivity index (χ4v) is 4.71. The Morgan fingerprint density at radius 2 is 2.00 bits per heavy atom. The minimum absolute atomic E-state index is 0.206. The number of carbonyl (C=O) groups excluding carboxylic acids is 2. The van der Waals surface area contributed by atoms with Gasteiger partial charge < -0.3 is 20.1 Å². The van der Waals surface area contributed by atoms with Crippen molar-refractivity contribution in [2.75, 3.05) is 16.8 Å². The van der Waals surface area contributed by atoms with E-state index in [0.29, 0.717) is 40.7 Å². The Morgan fingerprint density at radius 1 is 1.21 bits per heavy atom. The van der Waals surface area contributed by atoms with Gasteiger partial charge in [0.15, 0.2) is 5.72 Å². The van der Waals surface area contributed by atoms with Crippen LogP contribution in [-0.2, 0) is 0 Å². The third-order valence-corrected chi connectivity index (χ3v) is 6.26. The van der Waals surface area contributed by atoms with Crippen molar-refractivity contribution < 1.29 is 19.1 Å². The lowest BCUT2D eigenvalue weighted by Crippen LogP contribution is -2.65. The molecule has 2 N–H and O–H groups in total. The SMILES string of the molecule is CCOc1ccc(NC(=O)c2cccc(N3C(=O)N[C@H]4C[C@@]3(C)Oc3ccc(Cl)cc34)c2)cc1. The summed E-state index contributed by atoms with van der Waals surface area (Å²) in [6.45, 7) is 4.37. The summed E-state index contributed by atoms with van der Waals surface area (Å²) < 4.78 is 11.7. The van der Waals surface area contributed by atoms with Crippen LogP contribution in [0.3, 0.4) is 0 Å². The van der Waals surface area contributed by atoms with E-state index < -0.39 is 5.72 Å². The van der Waals surface area contributed by atoms with E-state index in [0.717, 1.165) is 11.3 Å². The topological polar surface area (TPSA) is 79.9 Å². The van der Waals surface area contributed by atoms with E-state index in [-0.39, 0.29) is 18.0 Å².